The number of ether oxygens (including phenoxy) is 1. The second-order valence-corrected chi connectivity index (χ2v) is 3.99. The SMILES string of the molecule is COc1ccc([C@@H](N)C2CCC2)cc1. The fourth-order valence-corrected chi connectivity index (χ4v) is 1.90. The fraction of sp³-hybridized carbons (Fsp3) is 0.500. The van der Waals surface area contributed by atoms with Crippen molar-refractivity contribution in [1.29, 1.82) is 0 Å². The highest BCUT2D eigenvalue weighted by atomic mass is 16.5. The van der Waals surface area contributed by atoms with Crippen molar-refractivity contribution in [3.05, 3.63) is 29.8 Å². The summed E-state index contributed by atoms with van der Waals surface area (Å²) in [4.78, 5) is 0. The molecule has 2 N–H and O–H groups in total. The molecule has 0 aromatic heterocycles. The van der Waals surface area contributed by atoms with E-state index >= 15 is 0 Å². The molecule has 0 spiro atoms. The average Bonchev–Trinajstić information content (AvgIpc) is 2.15. The van der Waals surface area contributed by atoms with Crippen LogP contribution in [0.3, 0.4) is 0 Å². The first-order valence-corrected chi connectivity index (χ1v) is 5.21. The zero-order valence-electron chi connectivity index (χ0n) is 8.57. The number of hydrogen-bond acceptors (Lipinski definition) is 2. The highest BCUT2D eigenvalue weighted by Gasteiger charge is 2.25. The highest BCUT2D eigenvalue weighted by Crippen LogP contribution is 2.36. The molecule has 1 fully saturated rings. The first-order chi connectivity index (χ1) is 6.81. The van der Waals surface area contributed by atoms with Gasteiger partial charge in [-0.3, -0.25) is 0 Å². The maximum atomic E-state index is 6.15. The van der Waals surface area contributed by atoms with E-state index in [-0.39, 0.29) is 6.04 Å². The summed E-state index contributed by atoms with van der Waals surface area (Å²) in [7, 11) is 1.68. The van der Waals surface area contributed by atoms with E-state index in [1.807, 2.05) is 12.1 Å². The molecule has 0 heterocycles. The molecule has 0 radical (unpaired) electrons. The van der Waals surface area contributed by atoms with Crippen molar-refractivity contribution in [2.45, 2.75) is 25.3 Å². The van der Waals surface area contributed by atoms with Crippen LogP contribution in [0.5, 0.6) is 5.75 Å². The minimum atomic E-state index is 0.217. The summed E-state index contributed by atoms with van der Waals surface area (Å²) in [5, 5.41) is 0. The van der Waals surface area contributed by atoms with Crippen LogP contribution in [0.4, 0.5) is 0 Å². The van der Waals surface area contributed by atoms with Crippen molar-refractivity contribution in [1.82, 2.24) is 0 Å². The average molecular weight is 191 g/mol. The van der Waals surface area contributed by atoms with Crippen LogP contribution in [0.2, 0.25) is 0 Å². The number of benzene rings is 1. The van der Waals surface area contributed by atoms with Crippen molar-refractivity contribution in [2.24, 2.45) is 11.7 Å². The van der Waals surface area contributed by atoms with E-state index < -0.39 is 0 Å². The third-order valence-electron chi connectivity index (χ3n) is 3.16. The summed E-state index contributed by atoms with van der Waals surface area (Å²) in [6.45, 7) is 0. The van der Waals surface area contributed by atoms with Gasteiger partial charge in [0.05, 0.1) is 7.11 Å². The first kappa shape index (κ1) is 9.53. The Morgan fingerprint density at radius 2 is 1.93 bits per heavy atom. The predicted octanol–water partition coefficient (Wildman–Crippen LogP) is 2.50. The van der Waals surface area contributed by atoms with Gasteiger partial charge in [-0.2, -0.15) is 0 Å². The summed E-state index contributed by atoms with van der Waals surface area (Å²) in [6, 6.07) is 8.32. The maximum Gasteiger partial charge on any atom is 0.118 e. The van der Waals surface area contributed by atoms with Gasteiger partial charge in [0.25, 0.3) is 0 Å². The standard InChI is InChI=1S/C12H17NO/c1-14-11-7-5-10(6-8-11)12(13)9-3-2-4-9/h5-9,12H,2-4,13H2,1H3/t12-/m0/s1. The van der Waals surface area contributed by atoms with Gasteiger partial charge in [0.1, 0.15) is 5.75 Å². The van der Waals surface area contributed by atoms with E-state index in [0.717, 1.165) is 5.75 Å². The Morgan fingerprint density at radius 3 is 2.36 bits per heavy atom. The van der Waals surface area contributed by atoms with Gasteiger partial charge in [0, 0.05) is 6.04 Å². The Balaban J connectivity index is 2.07. The van der Waals surface area contributed by atoms with Gasteiger partial charge in [0.15, 0.2) is 0 Å². The van der Waals surface area contributed by atoms with Gasteiger partial charge in [-0.05, 0) is 36.5 Å². The Bertz CT molecular complexity index is 290. The molecule has 0 unspecified atom stereocenters. The van der Waals surface area contributed by atoms with Crippen LogP contribution < -0.4 is 10.5 Å². The van der Waals surface area contributed by atoms with Crippen LogP contribution in [-0.4, -0.2) is 7.11 Å². The summed E-state index contributed by atoms with van der Waals surface area (Å²) < 4.78 is 5.11. The zero-order valence-corrected chi connectivity index (χ0v) is 8.57. The molecule has 76 valence electrons. The Labute approximate surface area is 85.1 Å². The van der Waals surface area contributed by atoms with E-state index in [4.69, 9.17) is 10.5 Å². The van der Waals surface area contributed by atoms with Gasteiger partial charge < -0.3 is 10.5 Å². The third kappa shape index (κ3) is 1.75. The van der Waals surface area contributed by atoms with E-state index in [2.05, 4.69) is 12.1 Å². The van der Waals surface area contributed by atoms with E-state index in [1.165, 1.54) is 24.8 Å². The lowest BCUT2D eigenvalue weighted by atomic mass is 9.78. The second kappa shape index (κ2) is 4.01. The van der Waals surface area contributed by atoms with Gasteiger partial charge in [-0.1, -0.05) is 18.6 Å². The lowest BCUT2D eigenvalue weighted by Crippen LogP contribution is -2.26. The molecule has 14 heavy (non-hydrogen) atoms. The molecule has 1 aliphatic carbocycles. The van der Waals surface area contributed by atoms with Gasteiger partial charge in [-0.15, -0.1) is 0 Å². The molecule has 0 aliphatic heterocycles. The van der Waals surface area contributed by atoms with Crippen LogP contribution in [-0.2, 0) is 0 Å². The van der Waals surface area contributed by atoms with Gasteiger partial charge in [-0.25, -0.2) is 0 Å². The van der Waals surface area contributed by atoms with Crippen LogP contribution in [0.25, 0.3) is 0 Å². The molecular weight excluding hydrogens is 174 g/mol. The molecule has 1 saturated carbocycles. The third-order valence-corrected chi connectivity index (χ3v) is 3.16. The number of rotatable bonds is 3. The monoisotopic (exact) mass is 191 g/mol. The minimum Gasteiger partial charge on any atom is -0.497 e. The molecule has 2 rings (SSSR count). The molecule has 1 aromatic rings. The van der Waals surface area contributed by atoms with Crippen molar-refractivity contribution >= 4 is 0 Å². The van der Waals surface area contributed by atoms with Crippen molar-refractivity contribution in [3.63, 3.8) is 0 Å². The second-order valence-electron chi connectivity index (χ2n) is 3.99. The number of nitrogens with two attached hydrogens (primary N) is 1. The number of hydrogen-bond donors (Lipinski definition) is 1. The number of methoxy groups -OCH3 is 1. The van der Waals surface area contributed by atoms with Crippen LogP contribution in [0.1, 0.15) is 30.9 Å². The van der Waals surface area contributed by atoms with E-state index in [0.29, 0.717) is 5.92 Å². The molecule has 1 atom stereocenters. The maximum absolute atomic E-state index is 6.15. The topological polar surface area (TPSA) is 35.2 Å². The molecular formula is C12H17NO. The first-order valence-electron chi connectivity index (χ1n) is 5.21. The Hall–Kier alpha value is -1.02. The van der Waals surface area contributed by atoms with E-state index in [1.54, 1.807) is 7.11 Å². The van der Waals surface area contributed by atoms with Crippen molar-refractivity contribution in [3.8, 4) is 5.75 Å². The molecule has 0 amide bonds. The zero-order chi connectivity index (χ0) is 9.97. The van der Waals surface area contributed by atoms with Crippen LogP contribution in [0, 0.1) is 5.92 Å². The molecule has 0 saturated heterocycles. The summed E-state index contributed by atoms with van der Waals surface area (Å²) >= 11 is 0. The summed E-state index contributed by atoms with van der Waals surface area (Å²) in [6.07, 6.45) is 3.91. The fourth-order valence-electron chi connectivity index (χ4n) is 1.90. The molecule has 2 nitrogen and oxygen atoms in total. The van der Waals surface area contributed by atoms with Crippen molar-refractivity contribution < 1.29 is 4.74 Å². The molecule has 2 heteroatoms. The summed E-state index contributed by atoms with van der Waals surface area (Å²) in [5.74, 6) is 1.60. The highest BCUT2D eigenvalue weighted by molar-refractivity contribution is 5.29. The lowest BCUT2D eigenvalue weighted by Gasteiger charge is -2.31. The van der Waals surface area contributed by atoms with Gasteiger partial charge >= 0.3 is 0 Å². The Kier molecular flexibility index (Phi) is 2.73. The predicted molar refractivity (Wildman–Crippen MR) is 57.3 cm³/mol. The minimum absolute atomic E-state index is 0.217. The van der Waals surface area contributed by atoms with Crippen molar-refractivity contribution in [2.75, 3.05) is 7.11 Å². The normalized spacial score (nSPS) is 18.7. The lowest BCUT2D eigenvalue weighted by molar-refractivity contribution is 0.264. The Morgan fingerprint density at radius 1 is 1.29 bits per heavy atom. The quantitative estimate of drug-likeness (QED) is 0.796. The molecule has 1 aliphatic rings. The molecule has 1 aromatic carbocycles. The summed E-state index contributed by atoms with van der Waals surface area (Å²) in [5.41, 5.74) is 7.38. The van der Waals surface area contributed by atoms with E-state index in [9.17, 15) is 0 Å². The molecule has 0 bridgehead atoms. The van der Waals surface area contributed by atoms with Crippen LogP contribution in [0.15, 0.2) is 24.3 Å². The van der Waals surface area contributed by atoms with Crippen LogP contribution >= 0.6 is 0 Å². The smallest absolute Gasteiger partial charge is 0.118 e. The van der Waals surface area contributed by atoms with Gasteiger partial charge in [0.2, 0.25) is 0 Å². The largest absolute Gasteiger partial charge is 0.497 e.